The van der Waals surface area contributed by atoms with Crippen LogP contribution in [-0.4, -0.2) is 32.3 Å². The van der Waals surface area contributed by atoms with Gasteiger partial charge in [0.25, 0.3) is 0 Å². The van der Waals surface area contributed by atoms with Gasteiger partial charge in [-0.2, -0.15) is 0 Å². The molecule has 0 saturated carbocycles. The first-order chi connectivity index (χ1) is 9.39. The van der Waals surface area contributed by atoms with Gasteiger partial charge in [-0.3, -0.25) is 0 Å². The Balaban J connectivity index is 1.94. The van der Waals surface area contributed by atoms with Crippen LogP contribution in [-0.2, 0) is 0 Å². The molecule has 1 unspecified atom stereocenters. The molecule has 4 heteroatoms. The Morgan fingerprint density at radius 3 is 2.75 bits per heavy atom. The Kier molecular flexibility index (Phi) is 4.97. The molecule has 0 aromatic heterocycles. The minimum absolute atomic E-state index is 0.205. The van der Waals surface area contributed by atoms with Gasteiger partial charge in [0.15, 0.2) is 0 Å². The van der Waals surface area contributed by atoms with Gasteiger partial charge in [-0.15, -0.1) is 0 Å². The number of benzene rings is 1. The lowest BCUT2D eigenvalue weighted by Gasteiger charge is -2.24. The van der Waals surface area contributed by atoms with E-state index in [9.17, 15) is 0 Å². The van der Waals surface area contributed by atoms with Crippen LogP contribution in [0.5, 0.6) is 5.75 Å². The molecular formula is C16H25BrN2O. The van der Waals surface area contributed by atoms with Crippen LogP contribution < -0.4 is 15.0 Å². The summed E-state index contributed by atoms with van der Waals surface area (Å²) in [6, 6.07) is 6.32. The molecule has 20 heavy (non-hydrogen) atoms. The highest BCUT2D eigenvalue weighted by Crippen LogP contribution is 2.31. The van der Waals surface area contributed by atoms with Crippen molar-refractivity contribution < 1.29 is 4.74 Å². The Labute approximate surface area is 130 Å². The molecule has 1 heterocycles. The highest BCUT2D eigenvalue weighted by atomic mass is 79.9. The number of anilines is 1. The highest BCUT2D eigenvalue weighted by molar-refractivity contribution is 9.10. The van der Waals surface area contributed by atoms with E-state index in [0.717, 1.165) is 35.8 Å². The van der Waals surface area contributed by atoms with E-state index in [1.165, 1.54) is 12.1 Å². The molecule has 1 saturated heterocycles. The van der Waals surface area contributed by atoms with Gasteiger partial charge in [0.05, 0.1) is 11.6 Å². The van der Waals surface area contributed by atoms with Crippen molar-refractivity contribution in [2.75, 3.05) is 31.6 Å². The van der Waals surface area contributed by atoms with Crippen LogP contribution in [0.1, 0.15) is 27.2 Å². The topological polar surface area (TPSA) is 24.5 Å². The highest BCUT2D eigenvalue weighted by Gasteiger charge is 2.24. The van der Waals surface area contributed by atoms with Gasteiger partial charge in [0, 0.05) is 30.9 Å². The van der Waals surface area contributed by atoms with Gasteiger partial charge in [-0.05, 0) is 67.2 Å². The lowest BCUT2D eigenvalue weighted by molar-refractivity contribution is 0.383. The monoisotopic (exact) mass is 340 g/mol. The van der Waals surface area contributed by atoms with Crippen LogP contribution in [0.3, 0.4) is 0 Å². The zero-order valence-corrected chi connectivity index (χ0v) is 14.5. The number of nitrogens with one attached hydrogen (secondary N) is 1. The minimum atomic E-state index is 0.205. The van der Waals surface area contributed by atoms with Gasteiger partial charge < -0.3 is 15.0 Å². The van der Waals surface area contributed by atoms with E-state index in [1.807, 2.05) is 6.07 Å². The Morgan fingerprint density at radius 1 is 1.40 bits per heavy atom. The van der Waals surface area contributed by atoms with Crippen molar-refractivity contribution >= 4 is 21.6 Å². The van der Waals surface area contributed by atoms with Crippen molar-refractivity contribution in [3.8, 4) is 5.75 Å². The summed E-state index contributed by atoms with van der Waals surface area (Å²) in [5.74, 6) is 1.62. The summed E-state index contributed by atoms with van der Waals surface area (Å²) in [5.41, 5.74) is 1.48. The minimum Gasteiger partial charge on any atom is -0.496 e. The van der Waals surface area contributed by atoms with Crippen molar-refractivity contribution in [1.29, 1.82) is 0 Å². The Morgan fingerprint density at radius 2 is 2.15 bits per heavy atom. The van der Waals surface area contributed by atoms with Crippen molar-refractivity contribution in [3.05, 3.63) is 22.7 Å². The van der Waals surface area contributed by atoms with Crippen molar-refractivity contribution in [2.45, 2.75) is 32.7 Å². The summed E-state index contributed by atoms with van der Waals surface area (Å²) in [7, 11) is 1.70. The second kappa shape index (κ2) is 6.35. The van der Waals surface area contributed by atoms with Gasteiger partial charge in [-0.25, -0.2) is 0 Å². The van der Waals surface area contributed by atoms with E-state index in [1.54, 1.807) is 7.11 Å². The quantitative estimate of drug-likeness (QED) is 0.904. The zero-order valence-electron chi connectivity index (χ0n) is 12.9. The molecule has 1 aliphatic heterocycles. The molecule has 1 aromatic carbocycles. The predicted molar refractivity (Wildman–Crippen MR) is 88.8 cm³/mol. The molecule has 0 radical (unpaired) electrons. The van der Waals surface area contributed by atoms with Gasteiger partial charge >= 0.3 is 0 Å². The summed E-state index contributed by atoms with van der Waals surface area (Å²) < 4.78 is 6.31. The van der Waals surface area contributed by atoms with Crippen LogP contribution in [0.2, 0.25) is 0 Å². The third kappa shape index (κ3) is 4.13. The fourth-order valence-electron chi connectivity index (χ4n) is 2.54. The van der Waals surface area contributed by atoms with Gasteiger partial charge in [0.2, 0.25) is 0 Å². The molecule has 1 N–H and O–H groups in total. The first-order valence-electron chi connectivity index (χ1n) is 7.22. The van der Waals surface area contributed by atoms with Gasteiger partial charge in [0.1, 0.15) is 5.75 Å². The average molecular weight is 341 g/mol. The number of methoxy groups -OCH3 is 1. The summed E-state index contributed by atoms with van der Waals surface area (Å²) in [6.07, 6.45) is 1.26. The number of hydrogen-bond acceptors (Lipinski definition) is 3. The second-order valence-corrected chi connectivity index (χ2v) is 7.40. The number of nitrogens with zero attached hydrogens (tertiary/aromatic N) is 1. The number of ether oxygens (including phenoxy) is 1. The molecule has 1 aliphatic rings. The molecule has 0 spiro atoms. The molecule has 112 valence electrons. The van der Waals surface area contributed by atoms with E-state index in [2.05, 4.69) is 59.1 Å². The first-order valence-corrected chi connectivity index (χ1v) is 8.02. The number of rotatable bonds is 4. The Hall–Kier alpha value is -0.740. The third-order valence-corrected chi connectivity index (χ3v) is 4.33. The molecule has 1 atom stereocenters. The van der Waals surface area contributed by atoms with E-state index < -0.39 is 0 Å². The summed E-state index contributed by atoms with van der Waals surface area (Å²) in [6.45, 7) is 10.0. The normalized spacial score (nSPS) is 19.4. The third-order valence-electron chi connectivity index (χ3n) is 3.71. The molecule has 0 aliphatic carbocycles. The molecule has 3 nitrogen and oxygen atoms in total. The second-order valence-electron chi connectivity index (χ2n) is 6.55. The molecule has 0 bridgehead atoms. The number of hydrogen-bond donors (Lipinski definition) is 1. The van der Waals surface area contributed by atoms with Crippen LogP contribution in [0.15, 0.2) is 22.7 Å². The molecule has 1 aromatic rings. The van der Waals surface area contributed by atoms with E-state index >= 15 is 0 Å². The summed E-state index contributed by atoms with van der Waals surface area (Å²) in [5, 5.41) is 3.61. The Bertz CT molecular complexity index is 456. The van der Waals surface area contributed by atoms with E-state index in [-0.39, 0.29) is 5.54 Å². The smallest absolute Gasteiger partial charge is 0.133 e. The van der Waals surface area contributed by atoms with E-state index in [4.69, 9.17) is 4.74 Å². The fourth-order valence-corrected chi connectivity index (χ4v) is 3.06. The van der Waals surface area contributed by atoms with Crippen molar-refractivity contribution in [3.63, 3.8) is 0 Å². The van der Waals surface area contributed by atoms with Gasteiger partial charge in [-0.1, -0.05) is 0 Å². The lowest BCUT2D eigenvalue weighted by atomic mass is 10.1. The summed E-state index contributed by atoms with van der Waals surface area (Å²) in [4.78, 5) is 2.46. The maximum atomic E-state index is 5.28. The maximum absolute atomic E-state index is 5.28. The zero-order chi connectivity index (χ0) is 14.8. The SMILES string of the molecule is COc1ccc(N2CCC(CNC(C)(C)C)C2)cc1Br. The maximum Gasteiger partial charge on any atom is 0.133 e. The predicted octanol–water partition coefficient (Wildman–Crippen LogP) is 3.67. The summed E-state index contributed by atoms with van der Waals surface area (Å²) >= 11 is 3.56. The lowest BCUT2D eigenvalue weighted by Crippen LogP contribution is -2.39. The molecule has 2 rings (SSSR count). The first kappa shape index (κ1) is 15.6. The molecule has 1 fully saturated rings. The van der Waals surface area contributed by atoms with Crippen molar-refractivity contribution in [1.82, 2.24) is 5.32 Å². The standard InChI is InChI=1S/C16H25BrN2O/c1-16(2,3)18-10-12-7-8-19(11-12)13-5-6-15(20-4)14(17)9-13/h5-6,9,12,18H,7-8,10-11H2,1-4H3. The van der Waals surface area contributed by atoms with Crippen LogP contribution >= 0.6 is 15.9 Å². The van der Waals surface area contributed by atoms with Crippen LogP contribution in [0.25, 0.3) is 0 Å². The largest absolute Gasteiger partial charge is 0.496 e. The van der Waals surface area contributed by atoms with Crippen LogP contribution in [0, 0.1) is 5.92 Å². The number of halogens is 1. The van der Waals surface area contributed by atoms with Crippen molar-refractivity contribution in [2.24, 2.45) is 5.92 Å². The molecule has 0 amide bonds. The molecular weight excluding hydrogens is 316 g/mol. The average Bonchev–Trinajstić information content (AvgIpc) is 2.84. The fraction of sp³-hybridized carbons (Fsp3) is 0.625. The van der Waals surface area contributed by atoms with E-state index in [0.29, 0.717) is 0 Å². The van der Waals surface area contributed by atoms with Crippen LogP contribution in [0.4, 0.5) is 5.69 Å².